The first-order valence-corrected chi connectivity index (χ1v) is 6.61. The van der Waals surface area contributed by atoms with E-state index in [0.717, 1.165) is 19.4 Å². The molecule has 0 aliphatic heterocycles. The molecule has 2 nitrogen and oxygen atoms in total. The minimum Gasteiger partial charge on any atom is -0.382 e. The molecule has 0 radical (unpaired) electrons. The van der Waals surface area contributed by atoms with Crippen LogP contribution >= 0.6 is 0 Å². The molecule has 0 saturated carbocycles. The molecule has 0 aromatic heterocycles. The number of rotatable bonds is 11. The molecular formula is C14H29NO. The van der Waals surface area contributed by atoms with E-state index in [-0.39, 0.29) is 0 Å². The summed E-state index contributed by atoms with van der Waals surface area (Å²) in [4.78, 5) is 0. The molecule has 96 valence electrons. The van der Waals surface area contributed by atoms with Crippen molar-refractivity contribution in [3.8, 4) is 0 Å². The molecule has 2 unspecified atom stereocenters. The average Bonchev–Trinajstić information content (AvgIpc) is 2.28. The van der Waals surface area contributed by atoms with Crippen LogP contribution in [-0.4, -0.2) is 25.8 Å². The fourth-order valence-electron chi connectivity index (χ4n) is 1.95. The Hall–Kier alpha value is -0.340. The lowest BCUT2D eigenvalue weighted by Crippen LogP contribution is -2.32. The predicted molar refractivity (Wildman–Crippen MR) is 71.8 cm³/mol. The second-order valence-electron chi connectivity index (χ2n) is 4.46. The van der Waals surface area contributed by atoms with Crippen LogP contribution in [0.5, 0.6) is 0 Å². The third-order valence-electron chi connectivity index (χ3n) is 2.97. The molecule has 0 aromatic rings. The number of hydrogen-bond donors (Lipinski definition) is 1. The van der Waals surface area contributed by atoms with Crippen LogP contribution in [0.15, 0.2) is 12.7 Å². The molecule has 0 aromatic carbocycles. The van der Waals surface area contributed by atoms with Crippen molar-refractivity contribution in [2.24, 2.45) is 0 Å². The van der Waals surface area contributed by atoms with Gasteiger partial charge in [0.1, 0.15) is 0 Å². The van der Waals surface area contributed by atoms with Crippen molar-refractivity contribution in [2.75, 3.05) is 13.7 Å². The van der Waals surface area contributed by atoms with E-state index < -0.39 is 0 Å². The second-order valence-corrected chi connectivity index (χ2v) is 4.46. The van der Waals surface area contributed by atoms with Gasteiger partial charge in [0.2, 0.25) is 0 Å². The summed E-state index contributed by atoms with van der Waals surface area (Å²) in [6.45, 7) is 9.10. The number of allylic oxidation sites excluding steroid dienone is 1. The number of nitrogens with one attached hydrogen (secondary N) is 1. The molecule has 0 heterocycles. The molecule has 2 atom stereocenters. The Kier molecular flexibility index (Phi) is 10.9. The van der Waals surface area contributed by atoms with Gasteiger partial charge in [-0.15, -0.1) is 6.58 Å². The largest absolute Gasteiger partial charge is 0.382 e. The monoisotopic (exact) mass is 227 g/mol. The van der Waals surface area contributed by atoms with Crippen molar-refractivity contribution in [3.63, 3.8) is 0 Å². The van der Waals surface area contributed by atoms with Gasteiger partial charge in [-0.05, 0) is 39.2 Å². The summed E-state index contributed by atoms with van der Waals surface area (Å²) in [5, 5.41) is 3.54. The minimum atomic E-state index is 0.359. The summed E-state index contributed by atoms with van der Waals surface area (Å²) in [7, 11) is 1.79. The van der Waals surface area contributed by atoms with Crippen LogP contribution in [0, 0.1) is 0 Å². The summed E-state index contributed by atoms with van der Waals surface area (Å²) >= 11 is 0. The maximum Gasteiger partial charge on any atom is 0.0558 e. The van der Waals surface area contributed by atoms with Crippen molar-refractivity contribution in [3.05, 3.63) is 12.7 Å². The molecule has 0 rings (SSSR count). The van der Waals surface area contributed by atoms with Crippen LogP contribution in [-0.2, 0) is 4.74 Å². The third kappa shape index (κ3) is 8.93. The van der Waals surface area contributed by atoms with Gasteiger partial charge in [0.15, 0.2) is 0 Å². The highest BCUT2D eigenvalue weighted by atomic mass is 16.5. The van der Waals surface area contributed by atoms with Crippen molar-refractivity contribution in [1.29, 1.82) is 0 Å². The Morgan fingerprint density at radius 1 is 1.31 bits per heavy atom. The molecule has 16 heavy (non-hydrogen) atoms. The van der Waals surface area contributed by atoms with Gasteiger partial charge in [-0.3, -0.25) is 0 Å². The Bertz CT molecular complexity index is 159. The van der Waals surface area contributed by atoms with Crippen LogP contribution in [0.2, 0.25) is 0 Å². The molecule has 1 N–H and O–H groups in total. The van der Waals surface area contributed by atoms with Gasteiger partial charge >= 0.3 is 0 Å². The molecule has 0 spiro atoms. The Labute approximate surface area is 101 Å². The molecule has 2 heteroatoms. The summed E-state index contributed by atoms with van der Waals surface area (Å²) in [5.74, 6) is 0. The van der Waals surface area contributed by atoms with Crippen molar-refractivity contribution >= 4 is 0 Å². The molecule has 0 aliphatic rings. The molecule has 0 saturated heterocycles. The standard InChI is InChI=1S/C14H29NO/c1-5-7-8-9-10-11-14(15-6-2)12-13(3)16-4/h5,13-15H,1,6-12H2,2-4H3. The number of methoxy groups -OCH3 is 1. The van der Waals surface area contributed by atoms with E-state index in [2.05, 4.69) is 25.7 Å². The summed E-state index contributed by atoms with van der Waals surface area (Å²) in [6, 6.07) is 0.615. The van der Waals surface area contributed by atoms with Crippen LogP contribution in [0.1, 0.15) is 52.4 Å². The molecule has 0 fully saturated rings. The zero-order valence-corrected chi connectivity index (χ0v) is 11.3. The Morgan fingerprint density at radius 3 is 2.62 bits per heavy atom. The van der Waals surface area contributed by atoms with Gasteiger partial charge in [-0.25, -0.2) is 0 Å². The SMILES string of the molecule is C=CCCCCCC(CC(C)OC)NCC. The van der Waals surface area contributed by atoms with E-state index in [4.69, 9.17) is 4.74 Å². The van der Waals surface area contributed by atoms with E-state index >= 15 is 0 Å². The van der Waals surface area contributed by atoms with Gasteiger partial charge in [-0.2, -0.15) is 0 Å². The fraction of sp³-hybridized carbons (Fsp3) is 0.857. The van der Waals surface area contributed by atoms with Crippen LogP contribution < -0.4 is 5.32 Å². The van der Waals surface area contributed by atoms with E-state index in [9.17, 15) is 0 Å². The highest BCUT2D eigenvalue weighted by Crippen LogP contribution is 2.11. The van der Waals surface area contributed by atoms with Gasteiger partial charge < -0.3 is 10.1 Å². The van der Waals surface area contributed by atoms with Crippen molar-refractivity contribution in [2.45, 2.75) is 64.5 Å². The van der Waals surface area contributed by atoms with E-state index in [1.54, 1.807) is 7.11 Å². The Balaban J connectivity index is 3.62. The maximum atomic E-state index is 5.32. The van der Waals surface area contributed by atoms with Gasteiger partial charge in [-0.1, -0.05) is 25.8 Å². The van der Waals surface area contributed by atoms with E-state index in [1.807, 2.05) is 6.08 Å². The molecule has 0 bridgehead atoms. The van der Waals surface area contributed by atoms with Gasteiger partial charge in [0.25, 0.3) is 0 Å². The van der Waals surface area contributed by atoms with Crippen molar-refractivity contribution in [1.82, 2.24) is 5.32 Å². The van der Waals surface area contributed by atoms with Crippen LogP contribution in [0.25, 0.3) is 0 Å². The zero-order valence-electron chi connectivity index (χ0n) is 11.3. The molecular weight excluding hydrogens is 198 g/mol. The first-order valence-electron chi connectivity index (χ1n) is 6.61. The topological polar surface area (TPSA) is 21.3 Å². The normalized spacial score (nSPS) is 14.7. The summed E-state index contributed by atoms with van der Waals surface area (Å²) < 4.78 is 5.32. The first kappa shape index (κ1) is 15.7. The van der Waals surface area contributed by atoms with E-state index in [1.165, 1.54) is 25.7 Å². The van der Waals surface area contributed by atoms with Gasteiger partial charge in [0, 0.05) is 13.2 Å². The zero-order chi connectivity index (χ0) is 12.2. The lowest BCUT2D eigenvalue weighted by atomic mass is 10.0. The number of hydrogen-bond acceptors (Lipinski definition) is 2. The average molecular weight is 227 g/mol. The number of ether oxygens (including phenoxy) is 1. The Morgan fingerprint density at radius 2 is 2.06 bits per heavy atom. The summed E-state index contributed by atoms with van der Waals surface area (Å²) in [5.41, 5.74) is 0. The fourth-order valence-corrected chi connectivity index (χ4v) is 1.95. The molecule has 0 amide bonds. The minimum absolute atomic E-state index is 0.359. The second kappa shape index (κ2) is 11.2. The third-order valence-corrected chi connectivity index (χ3v) is 2.97. The van der Waals surface area contributed by atoms with Crippen LogP contribution in [0.3, 0.4) is 0 Å². The lowest BCUT2D eigenvalue weighted by molar-refractivity contribution is 0.0991. The quantitative estimate of drug-likeness (QED) is 0.431. The maximum absolute atomic E-state index is 5.32. The highest BCUT2D eigenvalue weighted by Gasteiger charge is 2.11. The molecule has 0 aliphatic carbocycles. The number of unbranched alkanes of at least 4 members (excludes halogenated alkanes) is 3. The van der Waals surface area contributed by atoms with Crippen LogP contribution in [0.4, 0.5) is 0 Å². The van der Waals surface area contributed by atoms with E-state index in [0.29, 0.717) is 12.1 Å². The lowest BCUT2D eigenvalue weighted by Gasteiger charge is -2.21. The first-order chi connectivity index (χ1) is 7.74. The smallest absolute Gasteiger partial charge is 0.0558 e. The highest BCUT2D eigenvalue weighted by molar-refractivity contribution is 4.70. The van der Waals surface area contributed by atoms with Gasteiger partial charge in [0.05, 0.1) is 6.10 Å². The predicted octanol–water partition coefficient (Wildman–Crippen LogP) is 3.53. The summed E-state index contributed by atoms with van der Waals surface area (Å²) in [6.07, 6.45) is 9.80. The van der Waals surface area contributed by atoms with Crippen molar-refractivity contribution < 1.29 is 4.74 Å².